The van der Waals surface area contributed by atoms with Gasteiger partial charge < -0.3 is 5.32 Å². The molecule has 5 heteroatoms. The quantitative estimate of drug-likeness (QED) is 0.831. The van der Waals surface area contributed by atoms with Gasteiger partial charge in [0, 0.05) is 18.8 Å². The summed E-state index contributed by atoms with van der Waals surface area (Å²) in [5.74, 6) is 0.529. The van der Waals surface area contributed by atoms with Crippen LogP contribution in [0.25, 0.3) is 0 Å². The van der Waals surface area contributed by atoms with Gasteiger partial charge in [0.2, 0.25) is 10.0 Å². The largest absolute Gasteiger partial charge is 0.388 e. The van der Waals surface area contributed by atoms with Crippen molar-refractivity contribution in [3.8, 4) is 0 Å². The van der Waals surface area contributed by atoms with Gasteiger partial charge in [-0.25, -0.2) is 13.1 Å². The minimum atomic E-state index is -3.35. The Balaban J connectivity index is 2.02. The van der Waals surface area contributed by atoms with Gasteiger partial charge in [-0.2, -0.15) is 0 Å². The van der Waals surface area contributed by atoms with E-state index in [1.165, 1.54) is 0 Å². The van der Waals surface area contributed by atoms with Gasteiger partial charge in [-0.1, -0.05) is 13.3 Å². The number of benzene rings is 1. The van der Waals surface area contributed by atoms with E-state index in [1.807, 2.05) is 0 Å². The molecule has 1 saturated carbocycles. The summed E-state index contributed by atoms with van der Waals surface area (Å²) in [7, 11) is -1.54. The van der Waals surface area contributed by atoms with Crippen molar-refractivity contribution in [1.29, 1.82) is 0 Å². The van der Waals surface area contributed by atoms with Crippen LogP contribution in [0.15, 0.2) is 29.2 Å². The summed E-state index contributed by atoms with van der Waals surface area (Å²) in [6.07, 6.45) is 3.19. The summed E-state index contributed by atoms with van der Waals surface area (Å²) in [5, 5.41) is 2.97. The average Bonchev–Trinajstić information content (AvgIpc) is 3.07. The fourth-order valence-electron chi connectivity index (χ4n) is 2.15. The molecule has 0 amide bonds. The summed E-state index contributed by atoms with van der Waals surface area (Å²) >= 11 is 0. The van der Waals surface area contributed by atoms with Crippen molar-refractivity contribution in [2.45, 2.75) is 37.1 Å². The Morgan fingerprint density at radius 3 is 2.50 bits per heavy atom. The molecule has 2 rings (SSSR count). The van der Waals surface area contributed by atoms with Crippen LogP contribution in [0.5, 0.6) is 0 Å². The number of anilines is 1. The van der Waals surface area contributed by atoms with E-state index in [0.29, 0.717) is 10.8 Å². The number of hydrogen-bond acceptors (Lipinski definition) is 3. The van der Waals surface area contributed by atoms with E-state index in [1.54, 1.807) is 31.3 Å². The Bertz CT molecular complexity index is 496. The van der Waals surface area contributed by atoms with Crippen LogP contribution in [0.4, 0.5) is 5.69 Å². The molecule has 2 atom stereocenters. The summed E-state index contributed by atoms with van der Waals surface area (Å²) in [6.45, 7) is 2.13. The zero-order valence-electron chi connectivity index (χ0n) is 10.8. The molecule has 0 aromatic heterocycles. The van der Waals surface area contributed by atoms with Crippen molar-refractivity contribution < 1.29 is 8.42 Å². The maximum Gasteiger partial charge on any atom is 0.240 e. The number of rotatable bonds is 6. The highest BCUT2D eigenvalue weighted by atomic mass is 32.2. The summed E-state index contributed by atoms with van der Waals surface area (Å²) in [4.78, 5) is 0.337. The smallest absolute Gasteiger partial charge is 0.240 e. The van der Waals surface area contributed by atoms with E-state index < -0.39 is 10.0 Å². The molecule has 0 saturated heterocycles. The fraction of sp³-hybridized carbons (Fsp3) is 0.538. The van der Waals surface area contributed by atoms with Crippen LogP contribution in [0.3, 0.4) is 0 Å². The highest BCUT2D eigenvalue weighted by Gasteiger charge is 2.39. The molecule has 18 heavy (non-hydrogen) atoms. The predicted molar refractivity (Wildman–Crippen MR) is 73.1 cm³/mol. The van der Waals surface area contributed by atoms with Crippen LogP contribution in [0, 0.1) is 5.92 Å². The molecule has 1 aliphatic carbocycles. The Kier molecular flexibility index (Phi) is 3.92. The van der Waals surface area contributed by atoms with Crippen molar-refractivity contribution in [1.82, 2.24) is 4.72 Å². The lowest BCUT2D eigenvalue weighted by Gasteiger charge is -2.07. The van der Waals surface area contributed by atoms with Gasteiger partial charge in [-0.3, -0.25) is 0 Å². The molecule has 1 aromatic carbocycles. The lowest BCUT2D eigenvalue weighted by molar-refractivity contribution is 0.573. The Hall–Kier alpha value is -1.07. The second kappa shape index (κ2) is 5.28. The first-order valence-corrected chi connectivity index (χ1v) is 7.85. The van der Waals surface area contributed by atoms with Gasteiger partial charge >= 0.3 is 0 Å². The molecule has 1 fully saturated rings. The lowest BCUT2D eigenvalue weighted by Crippen LogP contribution is -2.27. The second-order valence-corrected chi connectivity index (χ2v) is 6.50. The third-order valence-corrected chi connectivity index (χ3v) is 4.85. The molecule has 0 aliphatic heterocycles. The molecule has 0 radical (unpaired) electrons. The predicted octanol–water partition coefficient (Wildman–Crippen LogP) is 2.20. The van der Waals surface area contributed by atoms with Crippen LogP contribution >= 0.6 is 0 Å². The monoisotopic (exact) mass is 268 g/mol. The highest BCUT2D eigenvalue weighted by Crippen LogP contribution is 2.35. The van der Waals surface area contributed by atoms with E-state index >= 15 is 0 Å². The third-order valence-electron chi connectivity index (χ3n) is 3.34. The molecular formula is C13H20N2O2S. The Morgan fingerprint density at radius 1 is 1.28 bits per heavy atom. The minimum Gasteiger partial charge on any atom is -0.388 e. The SMILES string of the molecule is CCCC1CC1NS(=O)(=O)c1ccc(NC)cc1. The summed E-state index contributed by atoms with van der Waals surface area (Å²) in [5.41, 5.74) is 0.907. The van der Waals surface area contributed by atoms with Gasteiger partial charge in [0.1, 0.15) is 0 Å². The third kappa shape index (κ3) is 3.03. The van der Waals surface area contributed by atoms with Gasteiger partial charge in [0.25, 0.3) is 0 Å². The normalized spacial score (nSPS) is 22.8. The lowest BCUT2D eigenvalue weighted by atomic mass is 10.2. The van der Waals surface area contributed by atoms with E-state index in [4.69, 9.17) is 0 Å². The highest BCUT2D eigenvalue weighted by molar-refractivity contribution is 7.89. The van der Waals surface area contributed by atoms with E-state index in [0.717, 1.165) is 24.9 Å². The topological polar surface area (TPSA) is 58.2 Å². The first-order valence-electron chi connectivity index (χ1n) is 6.37. The van der Waals surface area contributed by atoms with Crippen LogP contribution in [0.1, 0.15) is 26.2 Å². The van der Waals surface area contributed by atoms with Gasteiger partial charge in [-0.05, 0) is 43.0 Å². The minimum absolute atomic E-state index is 0.138. The maximum absolute atomic E-state index is 12.1. The van der Waals surface area contributed by atoms with Crippen LogP contribution in [0.2, 0.25) is 0 Å². The molecule has 2 N–H and O–H groups in total. The molecule has 1 aliphatic rings. The summed E-state index contributed by atoms with van der Waals surface area (Å²) in [6, 6.07) is 6.94. The molecule has 0 spiro atoms. The maximum atomic E-state index is 12.1. The van der Waals surface area contributed by atoms with Crippen molar-refractivity contribution >= 4 is 15.7 Å². The molecular weight excluding hydrogens is 248 g/mol. The Labute approximate surface area is 109 Å². The fourth-order valence-corrected chi connectivity index (χ4v) is 3.47. The first-order chi connectivity index (χ1) is 8.56. The molecule has 0 bridgehead atoms. The molecule has 0 heterocycles. The van der Waals surface area contributed by atoms with E-state index in [2.05, 4.69) is 17.0 Å². The van der Waals surface area contributed by atoms with Crippen LogP contribution in [-0.4, -0.2) is 21.5 Å². The first kappa shape index (κ1) is 13.4. The molecule has 2 unspecified atom stereocenters. The number of nitrogens with one attached hydrogen (secondary N) is 2. The number of sulfonamides is 1. The Morgan fingerprint density at radius 2 is 1.94 bits per heavy atom. The zero-order valence-corrected chi connectivity index (χ0v) is 11.6. The van der Waals surface area contributed by atoms with Gasteiger partial charge in [0.15, 0.2) is 0 Å². The van der Waals surface area contributed by atoms with Crippen LogP contribution < -0.4 is 10.0 Å². The van der Waals surface area contributed by atoms with Gasteiger partial charge in [-0.15, -0.1) is 0 Å². The van der Waals surface area contributed by atoms with Crippen LogP contribution in [-0.2, 0) is 10.0 Å². The summed E-state index contributed by atoms with van der Waals surface area (Å²) < 4.78 is 27.0. The number of hydrogen-bond donors (Lipinski definition) is 2. The standard InChI is InChI=1S/C13H20N2O2S/c1-3-4-10-9-13(10)15-18(16,17)12-7-5-11(14-2)6-8-12/h5-8,10,13-15H,3-4,9H2,1-2H3. The van der Waals surface area contributed by atoms with Gasteiger partial charge in [0.05, 0.1) is 4.90 Å². The molecule has 100 valence electrons. The van der Waals surface area contributed by atoms with Crippen molar-refractivity contribution in [2.24, 2.45) is 5.92 Å². The van der Waals surface area contributed by atoms with Crippen molar-refractivity contribution in [3.63, 3.8) is 0 Å². The average molecular weight is 268 g/mol. The van der Waals surface area contributed by atoms with E-state index in [9.17, 15) is 8.42 Å². The molecule has 4 nitrogen and oxygen atoms in total. The van der Waals surface area contributed by atoms with E-state index in [-0.39, 0.29) is 6.04 Å². The second-order valence-electron chi connectivity index (χ2n) is 4.79. The zero-order chi connectivity index (χ0) is 13.2. The van der Waals surface area contributed by atoms with Crippen molar-refractivity contribution in [3.05, 3.63) is 24.3 Å². The van der Waals surface area contributed by atoms with Crippen molar-refractivity contribution in [2.75, 3.05) is 12.4 Å². The molecule has 1 aromatic rings.